The molecule has 2 unspecified atom stereocenters. The molecule has 2 aliphatic rings. The van der Waals surface area contributed by atoms with Gasteiger partial charge in [-0.05, 0) is 19.0 Å². The van der Waals surface area contributed by atoms with Crippen LogP contribution in [0.15, 0.2) is 0 Å². The van der Waals surface area contributed by atoms with Crippen LogP contribution in [-0.4, -0.2) is 38.4 Å². The van der Waals surface area contributed by atoms with Gasteiger partial charge in [0.05, 0.1) is 19.1 Å². The van der Waals surface area contributed by atoms with Gasteiger partial charge < -0.3 is 14.8 Å². The van der Waals surface area contributed by atoms with Gasteiger partial charge in [-0.1, -0.05) is 6.92 Å². The van der Waals surface area contributed by atoms with E-state index in [1.54, 1.807) is 0 Å². The van der Waals surface area contributed by atoms with E-state index in [9.17, 15) is 4.79 Å². The molecule has 0 bridgehead atoms. The number of hydrogen-bond acceptors (Lipinski definition) is 4. The summed E-state index contributed by atoms with van der Waals surface area (Å²) in [5.74, 6) is 0.425. The van der Waals surface area contributed by atoms with E-state index in [0.29, 0.717) is 12.5 Å². The summed E-state index contributed by atoms with van der Waals surface area (Å²) in [4.78, 5) is 11.6. The molecule has 2 heterocycles. The maximum atomic E-state index is 11.6. The lowest BCUT2D eigenvalue weighted by Gasteiger charge is -2.31. The van der Waals surface area contributed by atoms with Crippen LogP contribution in [-0.2, 0) is 14.3 Å². The predicted octanol–water partition coefficient (Wildman–Crippen LogP) is 0.174. The molecule has 0 aliphatic carbocycles. The topological polar surface area (TPSA) is 47.6 Å². The summed E-state index contributed by atoms with van der Waals surface area (Å²) in [5.41, 5.74) is 0. The minimum absolute atomic E-state index is 0.00187. The minimum Gasteiger partial charge on any atom is -0.460 e. The molecule has 80 valence electrons. The standard InChI is InChI=1S/C10H17NO3/c1-7(8-4-11-5-8)10(12)14-9-2-3-13-6-9/h7-9,11H,2-6H2,1H3. The number of carbonyl (C=O) groups is 1. The highest BCUT2D eigenvalue weighted by molar-refractivity contribution is 5.72. The van der Waals surface area contributed by atoms with E-state index < -0.39 is 0 Å². The Balaban J connectivity index is 1.75. The first-order chi connectivity index (χ1) is 6.77. The fraction of sp³-hybridized carbons (Fsp3) is 0.900. The van der Waals surface area contributed by atoms with E-state index in [-0.39, 0.29) is 18.0 Å². The maximum Gasteiger partial charge on any atom is 0.309 e. The Morgan fingerprint density at radius 1 is 1.57 bits per heavy atom. The molecule has 2 atom stereocenters. The quantitative estimate of drug-likeness (QED) is 0.658. The Morgan fingerprint density at radius 3 is 2.86 bits per heavy atom. The monoisotopic (exact) mass is 199 g/mol. The van der Waals surface area contributed by atoms with Crippen molar-refractivity contribution in [1.29, 1.82) is 0 Å². The summed E-state index contributed by atoms with van der Waals surface area (Å²) < 4.78 is 10.5. The molecule has 2 aliphatic heterocycles. The van der Waals surface area contributed by atoms with Crippen molar-refractivity contribution in [2.75, 3.05) is 26.3 Å². The summed E-state index contributed by atoms with van der Waals surface area (Å²) in [7, 11) is 0. The van der Waals surface area contributed by atoms with E-state index in [1.807, 2.05) is 6.92 Å². The molecule has 0 spiro atoms. The van der Waals surface area contributed by atoms with E-state index in [1.165, 1.54) is 0 Å². The van der Waals surface area contributed by atoms with Crippen molar-refractivity contribution in [3.05, 3.63) is 0 Å². The molecular formula is C10H17NO3. The van der Waals surface area contributed by atoms with Crippen LogP contribution < -0.4 is 5.32 Å². The van der Waals surface area contributed by atoms with E-state index in [0.717, 1.165) is 26.1 Å². The molecule has 4 nitrogen and oxygen atoms in total. The third-order valence-electron chi connectivity index (χ3n) is 3.06. The van der Waals surface area contributed by atoms with Gasteiger partial charge in [-0.15, -0.1) is 0 Å². The lowest BCUT2D eigenvalue weighted by atomic mass is 9.89. The molecule has 0 saturated carbocycles. The fourth-order valence-electron chi connectivity index (χ4n) is 1.73. The average molecular weight is 199 g/mol. The molecule has 14 heavy (non-hydrogen) atoms. The minimum atomic E-state index is -0.0630. The van der Waals surface area contributed by atoms with Gasteiger partial charge >= 0.3 is 5.97 Å². The lowest BCUT2D eigenvalue weighted by molar-refractivity contribution is -0.156. The summed E-state index contributed by atoms with van der Waals surface area (Å²) >= 11 is 0. The molecule has 0 radical (unpaired) electrons. The SMILES string of the molecule is CC(C(=O)OC1CCOC1)C1CNC1. The smallest absolute Gasteiger partial charge is 0.309 e. The summed E-state index contributed by atoms with van der Waals surface area (Å²) in [6.07, 6.45) is 0.847. The van der Waals surface area contributed by atoms with Gasteiger partial charge in [0.2, 0.25) is 0 Å². The number of nitrogens with one attached hydrogen (secondary N) is 1. The number of hydrogen-bond donors (Lipinski definition) is 1. The van der Waals surface area contributed by atoms with Gasteiger partial charge in [0, 0.05) is 6.42 Å². The summed E-state index contributed by atoms with van der Waals surface area (Å²) in [6.45, 7) is 5.12. The zero-order valence-corrected chi connectivity index (χ0v) is 8.49. The van der Waals surface area contributed by atoms with Crippen molar-refractivity contribution in [1.82, 2.24) is 5.32 Å². The Hall–Kier alpha value is -0.610. The summed E-state index contributed by atoms with van der Waals surface area (Å²) in [6, 6.07) is 0. The second-order valence-corrected chi connectivity index (χ2v) is 4.13. The first-order valence-corrected chi connectivity index (χ1v) is 5.26. The van der Waals surface area contributed by atoms with Crippen molar-refractivity contribution in [2.45, 2.75) is 19.4 Å². The molecule has 0 amide bonds. The van der Waals surface area contributed by atoms with Crippen LogP contribution in [0.1, 0.15) is 13.3 Å². The first-order valence-electron chi connectivity index (χ1n) is 5.26. The van der Waals surface area contributed by atoms with Crippen molar-refractivity contribution >= 4 is 5.97 Å². The highest BCUT2D eigenvalue weighted by Crippen LogP contribution is 2.19. The predicted molar refractivity (Wildman–Crippen MR) is 50.8 cm³/mol. The van der Waals surface area contributed by atoms with Crippen LogP contribution in [0.3, 0.4) is 0 Å². The van der Waals surface area contributed by atoms with Crippen LogP contribution in [0.4, 0.5) is 0 Å². The molecule has 0 aromatic carbocycles. The Kier molecular flexibility index (Phi) is 3.03. The van der Waals surface area contributed by atoms with E-state index in [2.05, 4.69) is 5.32 Å². The Bertz CT molecular complexity index is 209. The molecule has 2 rings (SSSR count). The third kappa shape index (κ3) is 2.07. The Morgan fingerprint density at radius 2 is 2.36 bits per heavy atom. The maximum absolute atomic E-state index is 11.6. The molecule has 2 fully saturated rings. The van der Waals surface area contributed by atoms with Crippen molar-refractivity contribution in [2.24, 2.45) is 11.8 Å². The molecule has 0 aromatic rings. The molecule has 2 saturated heterocycles. The number of esters is 1. The van der Waals surface area contributed by atoms with Gasteiger partial charge in [0.25, 0.3) is 0 Å². The van der Waals surface area contributed by atoms with Crippen LogP contribution in [0.5, 0.6) is 0 Å². The molecule has 0 aromatic heterocycles. The second-order valence-electron chi connectivity index (χ2n) is 4.13. The van der Waals surface area contributed by atoms with E-state index >= 15 is 0 Å². The second kappa shape index (κ2) is 4.28. The average Bonchev–Trinajstić information content (AvgIpc) is 2.53. The molecular weight excluding hydrogens is 182 g/mol. The fourth-order valence-corrected chi connectivity index (χ4v) is 1.73. The van der Waals surface area contributed by atoms with Crippen molar-refractivity contribution < 1.29 is 14.3 Å². The van der Waals surface area contributed by atoms with Crippen LogP contribution in [0, 0.1) is 11.8 Å². The van der Waals surface area contributed by atoms with Gasteiger partial charge in [-0.25, -0.2) is 0 Å². The normalized spacial score (nSPS) is 29.6. The largest absolute Gasteiger partial charge is 0.460 e. The van der Waals surface area contributed by atoms with Gasteiger partial charge in [0.1, 0.15) is 6.10 Å². The van der Waals surface area contributed by atoms with Crippen LogP contribution >= 0.6 is 0 Å². The molecule has 1 N–H and O–H groups in total. The van der Waals surface area contributed by atoms with Crippen LogP contribution in [0.2, 0.25) is 0 Å². The number of ether oxygens (including phenoxy) is 2. The van der Waals surface area contributed by atoms with Crippen LogP contribution in [0.25, 0.3) is 0 Å². The Labute approximate surface area is 84.0 Å². The van der Waals surface area contributed by atoms with Gasteiger partial charge in [-0.3, -0.25) is 4.79 Å². The van der Waals surface area contributed by atoms with Crippen molar-refractivity contribution in [3.8, 4) is 0 Å². The van der Waals surface area contributed by atoms with Gasteiger partial charge in [-0.2, -0.15) is 0 Å². The van der Waals surface area contributed by atoms with Crippen molar-refractivity contribution in [3.63, 3.8) is 0 Å². The van der Waals surface area contributed by atoms with Gasteiger partial charge in [0.15, 0.2) is 0 Å². The lowest BCUT2D eigenvalue weighted by Crippen LogP contribution is -2.48. The number of carbonyl (C=O) groups excluding carboxylic acids is 1. The summed E-state index contributed by atoms with van der Waals surface area (Å²) in [5, 5.41) is 3.16. The molecule has 4 heteroatoms. The first kappa shape index (κ1) is 9.93. The highest BCUT2D eigenvalue weighted by Gasteiger charge is 2.31. The number of rotatable bonds is 3. The highest BCUT2D eigenvalue weighted by atomic mass is 16.6. The van der Waals surface area contributed by atoms with E-state index in [4.69, 9.17) is 9.47 Å². The zero-order valence-electron chi connectivity index (χ0n) is 8.49. The zero-order chi connectivity index (χ0) is 9.97. The third-order valence-corrected chi connectivity index (χ3v) is 3.06.